The van der Waals surface area contributed by atoms with Crippen LogP contribution in [-0.4, -0.2) is 37.3 Å². The molecule has 4 heteroatoms. The molecular weight excluding hydrogens is 370 g/mol. The summed E-state index contributed by atoms with van der Waals surface area (Å²) in [6, 6.07) is 11.7. The Balaban J connectivity index is 1.10. The van der Waals surface area contributed by atoms with Crippen molar-refractivity contribution in [2.75, 3.05) is 31.1 Å². The Morgan fingerprint density at radius 3 is 2.70 bits per heavy atom. The maximum absolute atomic E-state index is 6.02. The van der Waals surface area contributed by atoms with E-state index < -0.39 is 0 Å². The monoisotopic (exact) mass is 405 g/mol. The van der Waals surface area contributed by atoms with Gasteiger partial charge in [-0.05, 0) is 80.9 Å². The largest absolute Gasteiger partial charge is 0.490 e. The number of aromatic nitrogens is 1. The highest BCUT2D eigenvalue weighted by molar-refractivity contribution is 5.48. The van der Waals surface area contributed by atoms with Crippen LogP contribution in [0.4, 0.5) is 5.69 Å². The summed E-state index contributed by atoms with van der Waals surface area (Å²) in [6.07, 6.45) is 14.3. The van der Waals surface area contributed by atoms with Crippen LogP contribution in [0.1, 0.15) is 49.7 Å². The first-order chi connectivity index (χ1) is 14.8. The fraction of sp³-hybridized carbons (Fsp3) is 0.577. The van der Waals surface area contributed by atoms with Gasteiger partial charge in [-0.25, -0.2) is 0 Å². The molecule has 5 rings (SSSR count). The molecule has 160 valence electrons. The summed E-state index contributed by atoms with van der Waals surface area (Å²) in [7, 11) is 0. The minimum absolute atomic E-state index is 0.496. The second kappa shape index (κ2) is 9.38. The molecule has 1 aromatic heterocycles. The summed E-state index contributed by atoms with van der Waals surface area (Å²) < 4.78 is 6.02. The van der Waals surface area contributed by atoms with E-state index in [1.807, 2.05) is 12.4 Å². The highest BCUT2D eigenvalue weighted by Crippen LogP contribution is 2.34. The molecule has 3 heterocycles. The molecule has 0 radical (unpaired) electrons. The first-order valence-corrected chi connectivity index (χ1v) is 12.0. The number of rotatable bonds is 6. The molecule has 2 saturated heterocycles. The molecule has 30 heavy (non-hydrogen) atoms. The predicted molar refractivity (Wildman–Crippen MR) is 122 cm³/mol. The van der Waals surface area contributed by atoms with Gasteiger partial charge in [0.2, 0.25) is 0 Å². The number of nitrogens with one attached hydrogen (secondary N) is 1. The van der Waals surface area contributed by atoms with Gasteiger partial charge in [0.1, 0.15) is 12.4 Å². The highest BCUT2D eigenvalue weighted by atomic mass is 16.5. The normalized spacial score (nSPS) is 24.6. The average Bonchev–Trinajstić information content (AvgIpc) is 3.32. The SMILES string of the molecule is c1ccc2c(c1)CC[C@H](CC1CCN(c3cncc(OC[C@@H]4CCCN4)c3)CC1)C2. The molecule has 4 nitrogen and oxygen atoms in total. The van der Waals surface area contributed by atoms with E-state index in [-0.39, 0.29) is 0 Å². The summed E-state index contributed by atoms with van der Waals surface area (Å²) in [4.78, 5) is 6.95. The van der Waals surface area contributed by atoms with Gasteiger partial charge in [-0.1, -0.05) is 24.3 Å². The molecule has 2 fully saturated rings. The maximum atomic E-state index is 6.02. The van der Waals surface area contributed by atoms with Crippen LogP contribution in [0.5, 0.6) is 5.75 Å². The zero-order valence-electron chi connectivity index (χ0n) is 18.1. The Morgan fingerprint density at radius 1 is 1.00 bits per heavy atom. The van der Waals surface area contributed by atoms with Crippen molar-refractivity contribution in [3.63, 3.8) is 0 Å². The molecule has 0 unspecified atom stereocenters. The molecule has 2 atom stereocenters. The number of piperidine rings is 1. The fourth-order valence-electron chi connectivity index (χ4n) is 5.63. The van der Waals surface area contributed by atoms with Gasteiger partial charge in [0.15, 0.2) is 0 Å². The van der Waals surface area contributed by atoms with E-state index in [0.717, 1.165) is 43.8 Å². The zero-order valence-corrected chi connectivity index (χ0v) is 18.1. The minimum Gasteiger partial charge on any atom is -0.490 e. The molecule has 0 bridgehead atoms. The van der Waals surface area contributed by atoms with E-state index in [2.05, 4.69) is 45.5 Å². The molecule has 1 aromatic carbocycles. The van der Waals surface area contributed by atoms with Crippen molar-refractivity contribution in [2.45, 2.75) is 57.4 Å². The van der Waals surface area contributed by atoms with Crippen molar-refractivity contribution in [2.24, 2.45) is 11.8 Å². The summed E-state index contributed by atoms with van der Waals surface area (Å²) in [5.74, 6) is 2.65. The maximum Gasteiger partial charge on any atom is 0.139 e. The first kappa shape index (κ1) is 19.9. The Hall–Kier alpha value is -2.07. The van der Waals surface area contributed by atoms with Crippen molar-refractivity contribution < 1.29 is 4.74 Å². The Kier molecular flexibility index (Phi) is 6.21. The third kappa shape index (κ3) is 4.80. The molecule has 2 aromatic rings. The Labute approximate surface area is 181 Å². The van der Waals surface area contributed by atoms with E-state index in [1.54, 1.807) is 11.1 Å². The number of fused-ring (bicyclic) bond motifs is 1. The molecule has 0 spiro atoms. The summed E-state index contributed by atoms with van der Waals surface area (Å²) in [5.41, 5.74) is 4.40. The standard InChI is InChI=1S/C26H35N3O/c1-2-5-23-15-21(7-8-22(23)4-1)14-20-9-12-29(13-10-20)25-16-26(18-27-17-25)30-19-24-6-3-11-28-24/h1-2,4-5,16-18,20-21,24,28H,3,6-15,19H2/t21-,24+/m1/s1. The lowest BCUT2D eigenvalue weighted by Crippen LogP contribution is -2.34. The molecule has 0 saturated carbocycles. The van der Waals surface area contributed by atoms with E-state index in [9.17, 15) is 0 Å². The predicted octanol–water partition coefficient (Wildman–Crippen LogP) is 4.62. The second-order valence-electron chi connectivity index (χ2n) is 9.53. The fourth-order valence-corrected chi connectivity index (χ4v) is 5.63. The lowest BCUT2D eigenvalue weighted by Gasteiger charge is -2.36. The van der Waals surface area contributed by atoms with Gasteiger partial charge in [-0.3, -0.25) is 4.98 Å². The number of anilines is 1. The van der Waals surface area contributed by atoms with Crippen LogP contribution in [0.25, 0.3) is 0 Å². The van der Waals surface area contributed by atoms with Gasteiger partial charge in [0, 0.05) is 25.2 Å². The van der Waals surface area contributed by atoms with Crippen molar-refractivity contribution in [3.05, 3.63) is 53.9 Å². The van der Waals surface area contributed by atoms with Crippen LogP contribution in [-0.2, 0) is 12.8 Å². The molecule has 1 aliphatic carbocycles. The van der Waals surface area contributed by atoms with Crippen LogP contribution in [0, 0.1) is 11.8 Å². The van der Waals surface area contributed by atoms with Crippen LogP contribution in [0.3, 0.4) is 0 Å². The number of hydrogen-bond donors (Lipinski definition) is 1. The highest BCUT2D eigenvalue weighted by Gasteiger charge is 2.25. The molecule has 1 N–H and O–H groups in total. The number of hydrogen-bond acceptors (Lipinski definition) is 4. The van der Waals surface area contributed by atoms with Crippen molar-refractivity contribution in [1.82, 2.24) is 10.3 Å². The lowest BCUT2D eigenvalue weighted by atomic mass is 9.77. The number of benzene rings is 1. The van der Waals surface area contributed by atoms with Crippen molar-refractivity contribution >= 4 is 5.69 Å². The number of pyridine rings is 1. The van der Waals surface area contributed by atoms with E-state index in [0.29, 0.717) is 6.04 Å². The summed E-state index contributed by atoms with van der Waals surface area (Å²) >= 11 is 0. The average molecular weight is 406 g/mol. The minimum atomic E-state index is 0.496. The van der Waals surface area contributed by atoms with Gasteiger partial charge >= 0.3 is 0 Å². The number of aryl methyl sites for hydroxylation is 1. The topological polar surface area (TPSA) is 37.4 Å². The van der Waals surface area contributed by atoms with Gasteiger partial charge in [0.05, 0.1) is 18.1 Å². The molecular formula is C26H35N3O. The van der Waals surface area contributed by atoms with E-state index in [1.165, 1.54) is 57.1 Å². The molecule has 2 aliphatic heterocycles. The third-order valence-corrected chi connectivity index (χ3v) is 7.41. The van der Waals surface area contributed by atoms with Crippen molar-refractivity contribution in [3.8, 4) is 5.75 Å². The van der Waals surface area contributed by atoms with Gasteiger partial charge < -0.3 is 15.0 Å². The Morgan fingerprint density at radius 2 is 1.87 bits per heavy atom. The number of nitrogens with zero attached hydrogens (tertiary/aromatic N) is 2. The van der Waals surface area contributed by atoms with Crippen molar-refractivity contribution in [1.29, 1.82) is 0 Å². The van der Waals surface area contributed by atoms with Crippen LogP contribution >= 0.6 is 0 Å². The van der Waals surface area contributed by atoms with Gasteiger partial charge in [0.25, 0.3) is 0 Å². The lowest BCUT2D eigenvalue weighted by molar-refractivity contribution is 0.276. The van der Waals surface area contributed by atoms with E-state index in [4.69, 9.17) is 4.74 Å². The second-order valence-corrected chi connectivity index (χ2v) is 9.53. The smallest absolute Gasteiger partial charge is 0.139 e. The van der Waals surface area contributed by atoms with Crippen LogP contribution in [0.15, 0.2) is 42.7 Å². The zero-order chi connectivity index (χ0) is 20.2. The first-order valence-electron chi connectivity index (χ1n) is 12.0. The number of ether oxygens (including phenoxy) is 1. The molecule has 3 aliphatic rings. The quantitative estimate of drug-likeness (QED) is 0.761. The summed E-state index contributed by atoms with van der Waals surface area (Å²) in [6.45, 7) is 4.15. The van der Waals surface area contributed by atoms with E-state index >= 15 is 0 Å². The van der Waals surface area contributed by atoms with Crippen LogP contribution < -0.4 is 15.0 Å². The van der Waals surface area contributed by atoms with Crippen LogP contribution in [0.2, 0.25) is 0 Å². The van der Waals surface area contributed by atoms with Gasteiger partial charge in [-0.15, -0.1) is 0 Å². The van der Waals surface area contributed by atoms with Gasteiger partial charge in [-0.2, -0.15) is 0 Å². The summed E-state index contributed by atoms with van der Waals surface area (Å²) in [5, 5.41) is 3.49. The third-order valence-electron chi connectivity index (χ3n) is 7.41. The Bertz CT molecular complexity index is 825. The molecule has 0 amide bonds.